The van der Waals surface area contributed by atoms with Crippen molar-refractivity contribution in [2.45, 2.75) is 43.0 Å². The molecule has 0 aliphatic heterocycles. The van der Waals surface area contributed by atoms with E-state index in [1.165, 1.54) is 31.4 Å². The molecule has 0 amide bonds. The van der Waals surface area contributed by atoms with Gasteiger partial charge in [-0.3, -0.25) is 0 Å². The Labute approximate surface area is 105 Å². The van der Waals surface area contributed by atoms with Gasteiger partial charge in [0.05, 0.1) is 0 Å². The van der Waals surface area contributed by atoms with Crippen LogP contribution >= 0.6 is 23.1 Å². The molecule has 1 saturated carbocycles. The van der Waals surface area contributed by atoms with E-state index in [0.29, 0.717) is 0 Å². The Morgan fingerprint density at radius 1 is 1.44 bits per heavy atom. The Balaban J connectivity index is 1.71. The largest absolute Gasteiger partial charge is 0.317 e. The molecule has 1 N–H and O–H groups in total. The third kappa shape index (κ3) is 3.18. The summed E-state index contributed by atoms with van der Waals surface area (Å²) >= 11 is 3.56. The van der Waals surface area contributed by atoms with Crippen molar-refractivity contribution in [3.8, 4) is 0 Å². The van der Waals surface area contributed by atoms with Gasteiger partial charge in [0.25, 0.3) is 0 Å². The van der Waals surface area contributed by atoms with E-state index in [-0.39, 0.29) is 0 Å². The minimum atomic E-state index is 0.747. The summed E-state index contributed by atoms with van der Waals surface area (Å²) in [5.74, 6) is 2.05. The van der Waals surface area contributed by atoms with Crippen molar-refractivity contribution in [1.82, 2.24) is 15.5 Å². The van der Waals surface area contributed by atoms with Gasteiger partial charge in [-0.05, 0) is 39.2 Å². The summed E-state index contributed by atoms with van der Waals surface area (Å²) in [5.41, 5.74) is 0. The molecule has 5 heteroatoms. The predicted octanol–water partition coefficient (Wildman–Crippen LogP) is 2.72. The molecular formula is C11H19N3S2. The first kappa shape index (κ1) is 12.3. The van der Waals surface area contributed by atoms with E-state index in [1.54, 1.807) is 11.3 Å². The highest BCUT2D eigenvalue weighted by Gasteiger charge is 2.25. The number of aryl methyl sites for hydroxylation is 1. The highest BCUT2D eigenvalue weighted by atomic mass is 32.2. The summed E-state index contributed by atoms with van der Waals surface area (Å²) in [6.45, 7) is 2.01. The van der Waals surface area contributed by atoms with Gasteiger partial charge in [0.2, 0.25) is 0 Å². The molecule has 1 aromatic rings. The molecule has 1 heterocycles. The van der Waals surface area contributed by atoms with E-state index in [0.717, 1.165) is 21.3 Å². The van der Waals surface area contributed by atoms with Gasteiger partial charge in [0.1, 0.15) is 5.01 Å². The van der Waals surface area contributed by atoms with Gasteiger partial charge in [-0.15, -0.1) is 10.2 Å². The molecule has 16 heavy (non-hydrogen) atoms. The highest BCUT2D eigenvalue weighted by molar-refractivity contribution is 8.01. The van der Waals surface area contributed by atoms with Gasteiger partial charge in [0, 0.05) is 11.8 Å². The monoisotopic (exact) mass is 257 g/mol. The van der Waals surface area contributed by atoms with Crippen LogP contribution in [0.3, 0.4) is 0 Å². The lowest BCUT2D eigenvalue weighted by Crippen LogP contribution is -2.29. The summed E-state index contributed by atoms with van der Waals surface area (Å²) in [6, 6.07) is 0.747. The van der Waals surface area contributed by atoms with E-state index >= 15 is 0 Å². The second kappa shape index (κ2) is 5.98. The zero-order valence-corrected chi connectivity index (χ0v) is 11.5. The van der Waals surface area contributed by atoms with Crippen LogP contribution < -0.4 is 5.32 Å². The molecule has 90 valence electrons. The fraction of sp³-hybridized carbons (Fsp3) is 0.818. The first-order valence-corrected chi connectivity index (χ1v) is 7.70. The molecule has 1 aromatic heterocycles. The predicted molar refractivity (Wildman–Crippen MR) is 70.2 cm³/mol. The normalized spacial score (nSPS) is 25.1. The zero-order chi connectivity index (χ0) is 11.4. The Morgan fingerprint density at radius 2 is 2.31 bits per heavy atom. The second-order valence-electron chi connectivity index (χ2n) is 4.31. The van der Waals surface area contributed by atoms with Gasteiger partial charge >= 0.3 is 0 Å². The van der Waals surface area contributed by atoms with E-state index in [2.05, 4.69) is 22.6 Å². The van der Waals surface area contributed by atoms with Crippen LogP contribution in [0.15, 0.2) is 4.34 Å². The number of hydrogen-bond donors (Lipinski definition) is 1. The SMILES string of the molecule is CNC1CCCC1CCSc1nnc(C)s1. The highest BCUT2D eigenvalue weighted by Crippen LogP contribution is 2.31. The molecule has 3 nitrogen and oxygen atoms in total. The van der Waals surface area contributed by atoms with Crippen LogP contribution in [0.5, 0.6) is 0 Å². The molecule has 1 fully saturated rings. The van der Waals surface area contributed by atoms with E-state index < -0.39 is 0 Å². The lowest BCUT2D eigenvalue weighted by molar-refractivity contribution is 0.417. The number of thioether (sulfide) groups is 1. The number of nitrogens with zero attached hydrogens (tertiary/aromatic N) is 2. The smallest absolute Gasteiger partial charge is 0.174 e. The van der Waals surface area contributed by atoms with Crippen molar-refractivity contribution < 1.29 is 0 Å². The molecule has 0 saturated heterocycles. The number of nitrogens with one attached hydrogen (secondary N) is 1. The van der Waals surface area contributed by atoms with Crippen LogP contribution in [0.2, 0.25) is 0 Å². The second-order valence-corrected chi connectivity index (χ2v) is 6.83. The van der Waals surface area contributed by atoms with Crippen molar-refractivity contribution in [3.63, 3.8) is 0 Å². The van der Waals surface area contributed by atoms with Crippen LogP contribution in [0.25, 0.3) is 0 Å². The summed E-state index contributed by atoms with van der Waals surface area (Å²) in [5, 5.41) is 12.7. The van der Waals surface area contributed by atoms with Crippen molar-refractivity contribution in [2.24, 2.45) is 5.92 Å². The summed E-state index contributed by atoms with van der Waals surface area (Å²) in [6.07, 6.45) is 5.43. The minimum Gasteiger partial charge on any atom is -0.317 e. The van der Waals surface area contributed by atoms with Crippen LogP contribution in [0.4, 0.5) is 0 Å². The molecule has 0 aromatic carbocycles. The van der Waals surface area contributed by atoms with Gasteiger partial charge in [0.15, 0.2) is 4.34 Å². The summed E-state index contributed by atoms with van der Waals surface area (Å²) in [7, 11) is 2.09. The van der Waals surface area contributed by atoms with Crippen molar-refractivity contribution >= 4 is 23.1 Å². The first-order chi connectivity index (χ1) is 7.79. The standard InChI is InChI=1S/C11H19N3S2/c1-8-13-14-11(16-8)15-7-6-9-4-3-5-10(9)12-2/h9-10,12H,3-7H2,1-2H3. The van der Waals surface area contributed by atoms with Crippen LogP contribution in [-0.2, 0) is 0 Å². The van der Waals surface area contributed by atoms with Gasteiger partial charge in [-0.1, -0.05) is 29.5 Å². The third-order valence-electron chi connectivity index (χ3n) is 3.25. The quantitative estimate of drug-likeness (QED) is 0.823. The summed E-state index contributed by atoms with van der Waals surface area (Å²) in [4.78, 5) is 0. The van der Waals surface area contributed by atoms with E-state index in [1.807, 2.05) is 18.7 Å². The zero-order valence-electron chi connectivity index (χ0n) is 9.90. The van der Waals surface area contributed by atoms with Crippen molar-refractivity contribution in [2.75, 3.05) is 12.8 Å². The maximum Gasteiger partial charge on any atom is 0.174 e. The Kier molecular flexibility index (Phi) is 4.61. The van der Waals surface area contributed by atoms with Gasteiger partial charge in [-0.2, -0.15) is 0 Å². The average molecular weight is 257 g/mol. The molecule has 1 aliphatic rings. The van der Waals surface area contributed by atoms with Crippen LogP contribution in [0.1, 0.15) is 30.7 Å². The maximum atomic E-state index is 4.13. The molecule has 0 spiro atoms. The minimum absolute atomic E-state index is 0.747. The van der Waals surface area contributed by atoms with E-state index in [9.17, 15) is 0 Å². The van der Waals surface area contributed by atoms with Gasteiger partial charge in [-0.25, -0.2) is 0 Å². The molecule has 0 radical (unpaired) electrons. The van der Waals surface area contributed by atoms with E-state index in [4.69, 9.17) is 0 Å². The molecule has 1 aliphatic carbocycles. The van der Waals surface area contributed by atoms with Crippen molar-refractivity contribution in [3.05, 3.63) is 5.01 Å². The topological polar surface area (TPSA) is 37.8 Å². The number of rotatable bonds is 5. The lowest BCUT2D eigenvalue weighted by atomic mass is 10.0. The third-order valence-corrected chi connectivity index (χ3v) is 5.26. The number of hydrogen-bond acceptors (Lipinski definition) is 5. The Hall–Kier alpha value is -0.130. The molecule has 2 unspecified atom stereocenters. The van der Waals surface area contributed by atoms with Crippen molar-refractivity contribution in [1.29, 1.82) is 0 Å². The summed E-state index contributed by atoms with van der Waals surface area (Å²) < 4.78 is 1.12. The molecular weight excluding hydrogens is 238 g/mol. The fourth-order valence-corrected chi connectivity index (χ4v) is 4.35. The molecule has 2 atom stereocenters. The van der Waals surface area contributed by atoms with Crippen LogP contribution in [-0.4, -0.2) is 29.0 Å². The number of aromatic nitrogens is 2. The van der Waals surface area contributed by atoms with Gasteiger partial charge < -0.3 is 5.32 Å². The fourth-order valence-electron chi connectivity index (χ4n) is 2.40. The molecule has 2 rings (SSSR count). The molecule has 0 bridgehead atoms. The Morgan fingerprint density at radius 3 is 3.00 bits per heavy atom. The lowest BCUT2D eigenvalue weighted by Gasteiger charge is -2.17. The maximum absolute atomic E-state index is 4.13. The Bertz CT molecular complexity index is 327. The first-order valence-electron chi connectivity index (χ1n) is 5.90. The van der Waals surface area contributed by atoms with Crippen LogP contribution in [0, 0.1) is 12.8 Å². The average Bonchev–Trinajstić information content (AvgIpc) is 2.87.